The van der Waals surface area contributed by atoms with Crippen molar-refractivity contribution in [2.45, 2.75) is 32.1 Å². The molecule has 0 fully saturated rings. The maximum atomic E-state index is 12.5. The fraction of sp³-hybridized carbons (Fsp3) is 0.857. The first-order valence-corrected chi connectivity index (χ1v) is 3.62. The molecule has 0 spiro atoms. The van der Waals surface area contributed by atoms with Crippen LogP contribution in [0.3, 0.4) is 0 Å². The summed E-state index contributed by atoms with van der Waals surface area (Å²) in [4.78, 5) is 10.5. The number of carbonyl (C=O) groups is 1. The fourth-order valence-corrected chi connectivity index (χ4v) is 0.549. The van der Waals surface area contributed by atoms with Gasteiger partial charge in [-0.25, -0.2) is 8.78 Å². The highest BCUT2D eigenvalue weighted by atomic mass is 19.3. The van der Waals surface area contributed by atoms with Crippen LogP contribution in [0.4, 0.5) is 17.6 Å². The Hall–Kier alpha value is -0.810. The average molecular weight is 202 g/mol. The van der Waals surface area contributed by atoms with Crippen molar-refractivity contribution in [1.82, 2.24) is 0 Å². The predicted octanol–water partition coefficient (Wildman–Crippen LogP) is 2.23. The van der Waals surface area contributed by atoms with Crippen molar-refractivity contribution in [3.05, 3.63) is 0 Å². The average Bonchev–Trinajstić information content (AvgIpc) is 1.83. The molecule has 0 saturated heterocycles. The number of carbonyl (C=O) groups excluding carboxylic acids is 1. The number of halogens is 4. The number of hydrogen-bond donors (Lipinski definition) is 0. The van der Waals surface area contributed by atoms with Crippen LogP contribution < -0.4 is 0 Å². The van der Waals surface area contributed by atoms with Crippen LogP contribution in [0.15, 0.2) is 0 Å². The lowest BCUT2D eigenvalue weighted by Gasteiger charge is -2.21. The third-order valence-electron chi connectivity index (χ3n) is 1.31. The van der Waals surface area contributed by atoms with E-state index in [-0.39, 0.29) is 13.5 Å². The molecule has 13 heavy (non-hydrogen) atoms. The topological polar surface area (TPSA) is 26.3 Å². The zero-order chi connectivity index (χ0) is 10.7. The second-order valence-corrected chi connectivity index (χ2v) is 2.57. The van der Waals surface area contributed by atoms with Crippen LogP contribution in [-0.4, -0.2) is 24.4 Å². The first-order valence-electron chi connectivity index (χ1n) is 3.62. The number of rotatable bonds is 4. The maximum absolute atomic E-state index is 12.5. The van der Waals surface area contributed by atoms with Gasteiger partial charge in [-0.1, -0.05) is 0 Å². The van der Waals surface area contributed by atoms with Crippen LogP contribution in [0.5, 0.6) is 0 Å². The Balaban J connectivity index is 4.26. The Morgan fingerprint density at radius 1 is 1.31 bits per heavy atom. The molecule has 0 aliphatic carbocycles. The van der Waals surface area contributed by atoms with Gasteiger partial charge in [-0.15, -0.1) is 0 Å². The molecule has 0 radical (unpaired) electrons. The Morgan fingerprint density at radius 3 is 2.08 bits per heavy atom. The van der Waals surface area contributed by atoms with Crippen molar-refractivity contribution in [1.29, 1.82) is 0 Å². The van der Waals surface area contributed by atoms with E-state index in [0.29, 0.717) is 0 Å². The highest BCUT2D eigenvalue weighted by Gasteiger charge is 2.53. The number of esters is 1. The molecule has 0 bridgehead atoms. The van der Waals surface area contributed by atoms with E-state index in [1.54, 1.807) is 0 Å². The number of alkyl halides is 4. The van der Waals surface area contributed by atoms with Gasteiger partial charge in [0, 0.05) is 6.92 Å². The first kappa shape index (κ1) is 12.2. The van der Waals surface area contributed by atoms with Gasteiger partial charge < -0.3 is 4.74 Å². The maximum Gasteiger partial charge on any atom is 0.320 e. The Labute approximate surface area is 72.9 Å². The zero-order valence-electron chi connectivity index (χ0n) is 7.24. The van der Waals surface area contributed by atoms with Crippen molar-refractivity contribution < 1.29 is 27.1 Å². The highest BCUT2D eigenvalue weighted by Crippen LogP contribution is 2.36. The number of ether oxygens (including phenoxy) is 1. The van der Waals surface area contributed by atoms with E-state index in [2.05, 4.69) is 4.74 Å². The SMILES string of the molecule is CCOC(=O)CC(F)(F)C(C)(F)F. The molecule has 0 aromatic carbocycles. The molecule has 78 valence electrons. The Kier molecular flexibility index (Phi) is 3.69. The molecule has 0 amide bonds. The molecule has 0 aliphatic rings. The lowest BCUT2D eigenvalue weighted by atomic mass is 10.1. The second kappa shape index (κ2) is 3.93. The summed E-state index contributed by atoms with van der Waals surface area (Å²) in [7, 11) is 0. The van der Waals surface area contributed by atoms with Crippen LogP contribution in [0.25, 0.3) is 0 Å². The summed E-state index contributed by atoms with van der Waals surface area (Å²) in [6.07, 6.45) is -1.59. The van der Waals surface area contributed by atoms with Crippen molar-refractivity contribution in [3.63, 3.8) is 0 Å². The van der Waals surface area contributed by atoms with Gasteiger partial charge in [0.05, 0.1) is 6.61 Å². The van der Waals surface area contributed by atoms with E-state index in [9.17, 15) is 22.4 Å². The van der Waals surface area contributed by atoms with Gasteiger partial charge in [0.2, 0.25) is 0 Å². The van der Waals surface area contributed by atoms with Crippen molar-refractivity contribution in [3.8, 4) is 0 Å². The molecule has 0 aliphatic heterocycles. The lowest BCUT2D eigenvalue weighted by molar-refractivity contribution is -0.208. The van der Waals surface area contributed by atoms with Crippen LogP contribution in [0.1, 0.15) is 20.3 Å². The predicted molar refractivity (Wildman–Crippen MR) is 36.8 cm³/mol. The molecule has 0 rings (SSSR count). The molecule has 0 aromatic heterocycles. The van der Waals surface area contributed by atoms with Crippen LogP contribution >= 0.6 is 0 Å². The van der Waals surface area contributed by atoms with Gasteiger partial charge in [0.25, 0.3) is 0 Å². The number of hydrogen-bond acceptors (Lipinski definition) is 2. The molecule has 2 nitrogen and oxygen atoms in total. The largest absolute Gasteiger partial charge is 0.466 e. The molecule has 0 N–H and O–H groups in total. The summed E-state index contributed by atoms with van der Waals surface area (Å²) < 4.78 is 53.3. The first-order chi connectivity index (χ1) is 5.70. The van der Waals surface area contributed by atoms with Gasteiger partial charge in [-0.05, 0) is 6.92 Å². The minimum absolute atomic E-state index is 0.0617. The molecular formula is C7H10F4O2. The van der Waals surface area contributed by atoms with Gasteiger partial charge in [-0.3, -0.25) is 4.79 Å². The fourth-order valence-electron chi connectivity index (χ4n) is 0.549. The third kappa shape index (κ3) is 3.61. The molecular weight excluding hydrogens is 192 g/mol. The summed E-state index contributed by atoms with van der Waals surface area (Å²) >= 11 is 0. The minimum Gasteiger partial charge on any atom is -0.466 e. The quantitative estimate of drug-likeness (QED) is 0.516. The van der Waals surface area contributed by atoms with Gasteiger partial charge in [-0.2, -0.15) is 8.78 Å². The highest BCUT2D eigenvalue weighted by molar-refractivity contribution is 5.70. The van der Waals surface area contributed by atoms with E-state index < -0.39 is 24.2 Å². The zero-order valence-corrected chi connectivity index (χ0v) is 7.24. The summed E-state index contributed by atoms with van der Waals surface area (Å²) in [6, 6.07) is 0. The van der Waals surface area contributed by atoms with E-state index in [0.717, 1.165) is 0 Å². The third-order valence-corrected chi connectivity index (χ3v) is 1.31. The van der Waals surface area contributed by atoms with E-state index >= 15 is 0 Å². The van der Waals surface area contributed by atoms with Gasteiger partial charge >= 0.3 is 17.8 Å². The molecule has 0 saturated carbocycles. The summed E-state index contributed by atoms with van der Waals surface area (Å²) in [6.45, 7) is 1.36. The molecule has 0 aromatic rings. The minimum atomic E-state index is -4.35. The van der Waals surface area contributed by atoms with E-state index in [4.69, 9.17) is 0 Å². The normalized spacial score (nSPS) is 12.8. The lowest BCUT2D eigenvalue weighted by Crippen LogP contribution is -2.39. The molecule has 0 heterocycles. The van der Waals surface area contributed by atoms with E-state index in [1.165, 1.54) is 6.92 Å². The van der Waals surface area contributed by atoms with E-state index in [1.807, 2.05) is 0 Å². The molecule has 6 heteroatoms. The second-order valence-electron chi connectivity index (χ2n) is 2.57. The molecule has 0 atom stereocenters. The van der Waals surface area contributed by atoms with Gasteiger partial charge in [0.1, 0.15) is 6.42 Å². The summed E-state index contributed by atoms with van der Waals surface area (Å²) in [5.41, 5.74) is 0. The standard InChI is InChI=1S/C7H10F4O2/c1-3-13-5(12)4-7(10,11)6(2,8)9/h3-4H2,1-2H3. The van der Waals surface area contributed by atoms with Gasteiger partial charge in [0.15, 0.2) is 0 Å². The van der Waals surface area contributed by atoms with Crippen molar-refractivity contribution in [2.75, 3.05) is 6.61 Å². The van der Waals surface area contributed by atoms with Crippen molar-refractivity contribution >= 4 is 5.97 Å². The smallest absolute Gasteiger partial charge is 0.320 e. The van der Waals surface area contributed by atoms with Crippen LogP contribution in [-0.2, 0) is 9.53 Å². The monoisotopic (exact) mass is 202 g/mol. The molecule has 0 unspecified atom stereocenters. The van der Waals surface area contributed by atoms with Crippen LogP contribution in [0, 0.1) is 0 Å². The summed E-state index contributed by atoms with van der Waals surface area (Å²) in [5.74, 6) is -9.88. The van der Waals surface area contributed by atoms with Crippen LogP contribution in [0.2, 0.25) is 0 Å². The summed E-state index contributed by atoms with van der Waals surface area (Å²) in [5, 5.41) is 0. The van der Waals surface area contributed by atoms with Crippen molar-refractivity contribution in [2.24, 2.45) is 0 Å². The Morgan fingerprint density at radius 2 is 1.77 bits per heavy atom. The Bertz CT molecular complexity index is 185.